The monoisotopic (exact) mass is 276 g/mol. The number of allylic oxidation sites excluding steroid dienone is 1. The molecule has 0 aliphatic heterocycles. The molecule has 2 rings (SSSR count). The maximum absolute atomic E-state index is 5.87. The largest absolute Gasteiger partial charge is 0.0843 e. The molecule has 18 heavy (non-hydrogen) atoms. The van der Waals surface area contributed by atoms with E-state index in [1.807, 2.05) is 36.4 Å². The van der Waals surface area contributed by atoms with E-state index in [9.17, 15) is 0 Å². The maximum Gasteiger partial charge on any atom is 0.0406 e. The molecule has 0 aliphatic carbocycles. The molecule has 0 spiro atoms. The molecular weight excluding hydrogens is 263 g/mol. The minimum atomic E-state index is 0.359. The Morgan fingerprint density at radius 3 is 1.89 bits per heavy atom. The van der Waals surface area contributed by atoms with Gasteiger partial charge in [0.15, 0.2) is 0 Å². The molecule has 2 heteroatoms. The molecule has 0 N–H and O–H groups in total. The van der Waals surface area contributed by atoms with Crippen LogP contribution in [0.5, 0.6) is 0 Å². The molecule has 2 aromatic carbocycles. The van der Waals surface area contributed by atoms with Gasteiger partial charge < -0.3 is 0 Å². The van der Waals surface area contributed by atoms with Gasteiger partial charge in [-0.15, -0.1) is 0 Å². The van der Waals surface area contributed by atoms with Gasteiger partial charge in [0.25, 0.3) is 0 Å². The molecule has 0 aliphatic rings. The van der Waals surface area contributed by atoms with Crippen LogP contribution in [0.2, 0.25) is 10.0 Å². The highest BCUT2D eigenvalue weighted by molar-refractivity contribution is 6.30. The minimum absolute atomic E-state index is 0.359. The Balaban J connectivity index is 2.08. The first-order valence-electron chi connectivity index (χ1n) is 5.84. The summed E-state index contributed by atoms with van der Waals surface area (Å²) in [5.74, 6) is 0.359. The Morgan fingerprint density at radius 2 is 1.33 bits per heavy atom. The fourth-order valence-electron chi connectivity index (χ4n) is 1.71. The summed E-state index contributed by atoms with van der Waals surface area (Å²) in [7, 11) is 0. The SMILES string of the molecule is CC(C=Cc1ccc(Cl)cc1)c1ccc(Cl)cc1. The molecule has 0 saturated carbocycles. The quantitative estimate of drug-likeness (QED) is 0.664. The van der Waals surface area contributed by atoms with Crippen molar-refractivity contribution in [3.8, 4) is 0 Å². The van der Waals surface area contributed by atoms with Crippen LogP contribution in [0.15, 0.2) is 54.6 Å². The summed E-state index contributed by atoms with van der Waals surface area (Å²) in [6.07, 6.45) is 4.28. The fraction of sp³-hybridized carbons (Fsp3) is 0.125. The Kier molecular flexibility index (Phi) is 4.46. The lowest BCUT2D eigenvalue weighted by Crippen LogP contribution is -1.87. The molecular formula is C16H14Cl2. The number of hydrogen-bond acceptors (Lipinski definition) is 0. The van der Waals surface area contributed by atoms with Gasteiger partial charge in [0, 0.05) is 10.0 Å². The Morgan fingerprint density at radius 1 is 0.833 bits per heavy atom. The average molecular weight is 277 g/mol. The van der Waals surface area contributed by atoms with Crippen LogP contribution >= 0.6 is 23.2 Å². The van der Waals surface area contributed by atoms with E-state index in [-0.39, 0.29) is 0 Å². The van der Waals surface area contributed by atoms with Crippen LogP contribution in [0.25, 0.3) is 6.08 Å². The van der Waals surface area contributed by atoms with Gasteiger partial charge in [-0.3, -0.25) is 0 Å². The summed E-state index contributed by atoms with van der Waals surface area (Å²) in [4.78, 5) is 0. The normalized spacial score (nSPS) is 12.8. The Labute approximate surface area is 118 Å². The molecule has 0 saturated heterocycles. The molecule has 1 atom stereocenters. The van der Waals surface area contributed by atoms with Gasteiger partial charge in [0.1, 0.15) is 0 Å². The molecule has 0 aromatic heterocycles. The number of rotatable bonds is 3. The fourth-order valence-corrected chi connectivity index (χ4v) is 1.96. The van der Waals surface area contributed by atoms with E-state index in [4.69, 9.17) is 23.2 Å². The van der Waals surface area contributed by atoms with Crippen LogP contribution in [0, 0.1) is 0 Å². The predicted octanol–water partition coefficient (Wildman–Crippen LogP) is 5.81. The highest BCUT2D eigenvalue weighted by atomic mass is 35.5. The zero-order valence-corrected chi connectivity index (χ0v) is 11.6. The summed E-state index contributed by atoms with van der Waals surface area (Å²) in [5.41, 5.74) is 2.41. The van der Waals surface area contributed by atoms with Crippen LogP contribution < -0.4 is 0 Å². The molecule has 92 valence electrons. The van der Waals surface area contributed by atoms with Crippen LogP contribution in [0.1, 0.15) is 24.0 Å². The van der Waals surface area contributed by atoms with E-state index < -0.39 is 0 Å². The van der Waals surface area contributed by atoms with Crippen molar-refractivity contribution in [1.29, 1.82) is 0 Å². The lowest BCUT2D eigenvalue weighted by molar-refractivity contribution is 0.973. The van der Waals surface area contributed by atoms with Crippen molar-refractivity contribution in [3.63, 3.8) is 0 Å². The second-order valence-electron chi connectivity index (χ2n) is 4.25. The van der Waals surface area contributed by atoms with Gasteiger partial charge in [-0.05, 0) is 41.3 Å². The Bertz CT molecular complexity index is 524. The summed E-state index contributed by atoms with van der Waals surface area (Å²) in [6.45, 7) is 2.16. The highest BCUT2D eigenvalue weighted by Crippen LogP contribution is 2.20. The van der Waals surface area contributed by atoms with Crippen molar-refractivity contribution in [3.05, 3.63) is 75.8 Å². The first kappa shape index (κ1) is 13.2. The molecule has 0 radical (unpaired) electrons. The first-order chi connectivity index (χ1) is 8.65. The van der Waals surface area contributed by atoms with Crippen molar-refractivity contribution < 1.29 is 0 Å². The topological polar surface area (TPSA) is 0 Å². The van der Waals surface area contributed by atoms with Gasteiger partial charge in [-0.1, -0.05) is 66.5 Å². The first-order valence-corrected chi connectivity index (χ1v) is 6.60. The Hall–Kier alpha value is -1.24. The third kappa shape index (κ3) is 3.63. The maximum atomic E-state index is 5.87. The van der Waals surface area contributed by atoms with Gasteiger partial charge in [0.05, 0.1) is 0 Å². The summed E-state index contributed by atoms with van der Waals surface area (Å²) in [5, 5.41) is 1.53. The van der Waals surface area contributed by atoms with Crippen molar-refractivity contribution in [1.82, 2.24) is 0 Å². The number of benzene rings is 2. The predicted molar refractivity (Wildman–Crippen MR) is 80.4 cm³/mol. The van der Waals surface area contributed by atoms with E-state index in [0.29, 0.717) is 5.92 Å². The van der Waals surface area contributed by atoms with Crippen LogP contribution in [-0.2, 0) is 0 Å². The van der Waals surface area contributed by atoms with Gasteiger partial charge in [-0.25, -0.2) is 0 Å². The second-order valence-corrected chi connectivity index (χ2v) is 5.12. The molecule has 0 heterocycles. The molecule has 0 amide bonds. The van der Waals surface area contributed by atoms with E-state index in [1.54, 1.807) is 0 Å². The average Bonchev–Trinajstić information content (AvgIpc) is 2.38. The lowest BCUT2D eigenvalue weighted by atomic mass is 10.00. The number of hydrogen-bond donors (Lipinski definition) is 0. The summed E-state index contributed by atoms with van der Waals surface area (Å²) >= 11 is 11.7. The van der Waals surface area contributed by atoms with Crippen LogP contribution in [0.4, 0.5) is 0 Å². The molecule has 0 fully saturated rings. The van der Waals surface area contributed by atoms with Crippen molar-refractivity contribution in [2.24, 2.45) is 0 Å². The molecule has 1 unspecified atom stereocenters. The zero-order chi connectivity index (χ0) is 13.0. The molecule has 2 aromatic rings. The lowest BCUT2D eigenvalue weighted by Gasteiger charge is -2.06. The molecule has 0 nitrogen and oxygen atoms in total. The minimum Gasteiger partial charge on any atom is -0.0843 e. The van der Waals surface area contributed by atoms with Gasteiger partial charge >= 0.3 is 0 Å². The van der Waals surface area contributed by atoms with Gasteiger partial charge in [-0.2, -0.15) is 0 Å². The van der Waals surface area contributed by atoms with Gasteiger partial charge in [0.2, 0.25) is 0 Å². The van der Waals surface area contributed by atoms with E-state index >= 15 is 0 Å². The summed E-state index contributed by atoms with van der Waals surface area (Å²) < 4.78 is 0. The smallest absolute Gasteiger partial charge is 0.0406 e. The second kappa shape index (κ2) is 6.08. The summed E-state index contributed by atoms with van der Waals surface area (Å²) in [6, 6.07) is 15.8. The molecule has 0 bridgehead atoms. The zero-order valence-electron chi connectivity index (χ0n) is 10.1. The van der Waals surface area contributed by atoms with E-state index in [1.165, 1.54) is 5.56 Å². The highest BCUT2D eigenvalue weighted by Gasteiger charge is 2.00. The third-order valence-electron chi connectivity index (χ3n) is 2.84. The van der Waals surface area contributed by atoms with Crippen molar-refractivity contribution >= 4 is 29.3 Å². The third-order valence-corrected chi connectivity index (χ3v) is 3.35. The van der Waals surface area contributed by atoms with Crippen LogP contribution in [-0.4, -0.2) is 0 Å². The van der Waals surface area contributed by atoms with E-state index in [2.05, 4.69) is 31.2 Å². The van der Waals surface area contributed by atoms with Crippen molar-refractivity contribution in [2.45, 2.75) is 12.8 Å². The number of halogens is 2. The van der Waals surface area contributed by atoms with E-state index in [0.717, 1.165) is 15.6 Å². The van der Waals surface area contributed by atoms with Crippen LogP contribution in [0.3, 0.4) is 0 Å². The standard InChI is InChI=1S/C16H14Cl2/c1-12(14-6-10-16(18)11-7-14)2-3-13-4-8-15(17)9-5-13/h2-12H,1H3. The van der Waals surface area contributed by atoms with Crippen molar-refractivity contribution in [2.75, 3.05) is 0 Å².